The molecule has 2 aliphatic carbocycles. The van der Waals surface area contributed by atoms with Crippen LogP contribution in [-0.4, -0.2) is 48.0 Å². The number of nitrogens with two attached hydrogens (primary N) is 1. The van der Waals surface area contributed by atoms with Gasteiger partial charge < -0.3 is 15.5 Å². The van der Waals surface area contributed by atoms with Crippen molar-refractivity contribution in [1.29, 1.82) is 0 Å². The fourth-order valence-corrected chi connectivity index (χ4v) is 4.61. The molecule has 5 nitrogen and oxygen atoms in total. The van der Waals surface area contributed by atoms with E-state index >= 15 is 0 Å². The number of carbonyl (C=O) groups excluding carboxylic acids is 1. The summed E-state index contributed by atoms with van der Waals surface area (Å²) in [6, 6.07) is 6.07. The Balaban J connectivity index is 0.00000104. The number of fused-ring (bicyclic) bond motifs is 2. The highest BCUT2D eigenvalue weighted by Gasteiger charge is 2.50. The van der Waals surface area contributed by atoms with Crippen LogP contribution < -0.4 is 10.6 Å². The van der Waals surface area contributed by atoms with Gasteiger partial charge in [-0.15, -0.1) is 24.8 Å². The number of amides is 1. The molecule has 7 heteroatoms. The van der Waals surface area contributed by atoms with Crippen molar-refractivity contribution in [2.24, 2.45) is 23.5 Å². The van der Waals surface area contributed by atoms with Gasteiger partial charge in [-0.25, -0.2) is 4.98 Å². The minimum absolute atomic E-state index is 0. The van der Waals surface area contributed by atoms with Crippen LogP contribution in [-0.2, 0) is 4.79 Å². The molecular formula is C17H26Cl2N4O. The second-order valence-corrected chi connectivity index (χ2v) is 6.94. The van der Waals surface area contributed by atoms with E-state index < -0.39 is 0 Å². The molecule has 1 aromatic heterocycles. The van der Waals surface area contributed by atoms with Crippen LogP contribution in [0.4, 0.5) is 5.82 Å². The Bertz CT molecular complexity index is 549. The highest BCUT2D eigenvalue weighted by atomic mass is 35.5. The summed E-state index contributed by atoms with van der Waals surface area (Å²) in [6.45, 7) is 3.30. The largest absolute Gasteiger partial charge is 0.353 e. The SMILES string of the molecule is Cl.Cl.NC1C2CCC(C2)C1C(=O)N1CCN(c2ccccn2)CC1. The summed E-state index contributed by atoms with van der Waals surface area (Å²) in [6.07, 6.45) is 5.42. The van der Waals surface area contributed by atoms with Gasteiger partial charge in [-0.3, -0.25) is 4.79 Å². The molecule has 134 valence electrons. The fraction of sp³-hybridized carbons (Fsp3) is 0.647. The fourth-order valence-electron chi connectivity index (χ4n) is 4.61. The quantitative estimate of drug-likeness (QED) is 0.861. The van der Waals surface area contributed by atoms with E-state index in [1.807, 2.05) is 29.3 Å². The summed E-state index contributed by atoms with van der Waals surface area (Å²) in [5.41, 5.74) is 6.32. The molecule has 1 saturated heterocycles. The number of halogens is 2. The molecule has 2 bridgehead atoms. The van der Waals surface area contributed by atoms with Crippen LogP contribution >= 0.6 is 24.8 Å². The van der Waals surface area contributed by atoms with Gasteiger partial charge >= 0.3 is 0 Å². The minimum Gasteiger partial charge on any atom is -0.353 e. The van der Waals surface area contributed by atoms with Crippen molar-refractivity contribution in [2.45, 2.75) is 25.3 Å². The van der Waals surface area contributed by atoms with Gasteiger partial charge in [0.2, 0.25) is 5.91 Å². The molecule has 24 heavy (non-hydrogen) atoms. The molecule has 1 amide bonds. The highest BCUT2D eigenvalue weighted by molar-refractivity contribution is 5.85. The molecule has 2 saturated carbocycles. The molecule has 4 atom stereocenters. The predicted octanol–water partition coefficient (Wildman–Crippen LogP) is 1.95. The third-order valence-electron chi connectivity index (χ3n) is 5.83. The third kappa shape index (κ3) is 3.35. The maximum Gasteiger partial charge on any atom is 0.227 e. The number of hydrogen-bond acceptors (Lipinski definition) is 4. The van der Waals surface area contributed by atoms with Gasteiger partial charge in [-0.2, -0.15) is 0 Å². The lowest BCUT2D eigenvalue weighted by atomic mass is 9.84. The lowest BCUT2D eigenvalue weighted by molar-refractivity contribution is -0.138. The molecule has 0 spiro atoms. The van der Waals surface area contributed by atoms with Crippen molar-refractivity contribution in [3.05, 3.63) is 24.4 Å². The van der Waals surface area contributed by atoms with Crippen LogP contribution in [0.5, 0.6) is 0 Å². The van der Waals surface area contributed by atoms with E-state index in [1.165, 1.54) is 19.3 Å². The maximum atomic E-state index is 12.9. The first-order chi connectivity index (χ1) is 10.7. The standard InChI is InChI=1S/C17H24N4O.2ClH/c18-16-13-5-4-12(11-13)15(16)17(22)21-9-7-20(8-10-21)14-3-1-2-6-19-14;;/h1-3,6,12-13,15-16H,4-5,7-11,18H2;2*1H. The molecule has 3 aliphatic rings. The van der Waals surface area contributed by atoms with Crippen molar-refractivity contribution < 1.29 is 4.79 Å². The van der Waals surface area contributed by atoms with Gasteiger partial charge in [-0.05, 0) is 43.2 Å². The lowest BCUT2D eigenvalue weighted by Gasteiger charge is -2.38. The molecule has 0 radical (unpaired) electrons. The van der Waals surface area contributed by atoms with Crippen LogP contribution in [0, 0.1) is 17.8 Å². The van der Waals surface area contributed by atoms with Crippen LogP contribution in [0.3, 0.4) is 0 Å². The highest BCUT2D eigenvalue weighted by Crippen LogP contribution is 2.48. The average Bonchev–Trinajstić information content (AvgIpc) is 3.16. The summed E-state index contributed by atoms with van der Waals surface area (Å²) < 4.78 is 0. The summed E-state index contributed by atoms with van der Waals surface area (Å²) >= 11 is 0. The van der Waals surface area contributed by atoms with Gasteiger partial charge in [0.25, 0.3) is 0 Å². The molecule has 2 heterocycles. The molecular weight excluding hydrogens is 347 g/mol. The van der Waals surface area contributed by atoms with E-state index in [9.17, 15) is 4.79 Å². The second kappa shape index (κ2) is 7.89. The van der Waals surface area contributed by atoms with Crippen molar-refractivity contribution in [3.8, 4) is 0 Å². The molecule has 1 aliphatic heterocycles. The Morgan fingerprint density at radius 1 is 1.08 bits per heavy atom. The van der Waals surface area contributed by atoms with Crippen molar-refractivity contribution in [1.82, 2.24) is 9.88 Å². The van der Waals surface area contributed by atoms with Crippen molar-refractivity contribution >= 4 is 36.5 Å². The molecule has 4 rings (SSSR count). The number of rotatable bonds is 2. The number of nitrogens with zero attached hydrogens (tertiary/aromatic N) is 3. The first kappa shape index (κ1) is 19.3. The van der Waals surface area contributed by atoms with E-state index in [0.717, 1.165) is 32.0 Å². The van der Waals surface area contributed by atoms with E-state index in [-0.39, 0.29) is 36.8 Å². The Morgan fingerprint density at radius 3 is 2.38 bits per heavy atom. The number of anilines is 1. The molecule has 3 fully saturated rings. The maximum absolute atomic E-state index is 12.9. The first-order valence-corrected chi connectivity index (χ1v) is 8.44. The zero-order chi connectivity index (χ0) is 15.1. The topological polar surface area (TPSA) is 62.5 Å². The smallest absolute Gasteiger partial charge is 0.227 e. The minimum atomic E-state index is 0. The first-order valence-electron chi connectivity index (χ1n) is 8.44. The van der Waals surface area contributed by atoms with Crippen LogP contribution in [0.25, 0.3) is 0 Å². The van der Waals surface area contributed by atoms with E-state index in [4.69, 9.17) is 5.73 Å². The van der Waals surface area contributed by atoms with Crippen molar-refractivity contribution in [3.63, 3.8) is 0 Å². The second-order valence-electron chi connectivity index (χ2n) is 6.94. The van der Waals surface area contributed by atoms with Gasteiger partial charge in [0.05, 0.1) is 5.92 Å². The van der Waals surface area contributed by atoms with Gasteiger partial charge in [0.15, 0.2) is 0 Å². The monoisotopic (exact) mass is 372 g/mol. The Kier molecular flexibility index (Phi) is 6.34. The number of pyridine rings is 1. The molecule has 4 unspecified atom stereocenters. The average molecular weight is 373 g/mol. The Morgan fingerprint density at radius 2 is 1.79 bits per heavy atom. The number of aromatic nitrogens is 1. The summed E-state index contributed by atoms with van der Waals surface area (Å²) in [5, 5.41) is 0. The Labute approximate surface area is 155 Å². The normalized spacial score (nSPS) is 31.4. The van der Waals surface area contributed by atoms with E-state index in [2.05, 4.69) is 9.88 Å². The van der Waals surface area contributed by atoms with Crippen molar-refractivity contribution in [2.75, 3.05) is 31.1 Å². The lowest BCUT2D eigenvalue weighted by Crippen LogP contribution is -2.54. The van der Waals surface area contributed by atoms with Crippen LogP contribution in [0.1, 0.15) is 19.3 Å². The van der Waals surface area contributed by atoms with Gasteiger partial charge in [0, 0.05) is 38.4 Å². The number of hydrogen-bond donors (Lipinski definition) is 1. The van der Waals surface area contributed by atoms with Gasteiger partial charge in [0.1, 0.15) is 5.82 Å². The van der Waals surface area contributed by atoms with E-state index in [0.29, 0.717) is 17.7 Å². The summed E-state index contributed by atoms with van der Waals surface area (Å²) in [4.78, 5) is 21.5. The summed E-state index contributed by atoms with van der Waals surface area (Å²) in [5.74, 6) is 2.53. The van der Waals surface area contributed by atoms with Crippen LogP contribution in [0.15, 0.2) is 24.4 Å². The molecule has 2 N–H and O–H groups in total. The molecule has 1 aromatic rings. The van der Waals surface area contributed by atoms with Crippen LogP contribution in [0.2, 0.25) is 0 Å². The van der Waals surface area contributed by atoms with E-state index in [1.54, 1.807) is 0 Å². The Hall–Kier alpha value is -1.04. The third-order valence-corrected chi connectivity index (χ3v) is 5.83. The van der Waals surface area contributed by atoms with Gasteiger partial charge in [-0.1, -0.05) is 6.07 Å². The molecule has 0 aromatic carbocycles. The predicted molar refractivity (Wildman–Crippen MR) is 99.8 cm³/mol. The number of piperazine rings is 1. The summed E-state index contributed by atoms with van der Waals surface area (Å²) in [7, 11) is 0. The number of carbonyl (C=O) groups is 1. The zero-order valence-electron chi connectivity index (χ0n) is 13.7. The zero-order valence-corrected chi connectivity index (χ0v) is 15.3.